The van der Waals surface area contributed by atoms with Crippen LogP contribution in [0.1, 0.15) is 24.8 Å². The standard InChI is InChI=1S/C15H20O2/c1-2-7-14-15(10-6-11-16-14)17-12-13-8-4-3-5-9-13/h2-5,8-9,14-15H,1,6-7,10-12H2/t14-,15-/m1/s1. The minimum atomic E-state index is 0.185. The second kappa shape index (κ2) is 6.58. The first-order valence-electron chi connectivity index (χ1n) is 6.28. The number of benzene rings is 1. The third-order valence-electron chi connectivity index (χ3n) is 3.09. The van der Waals surface area contributed by atoms with Gasteiger partial charge in [-0.25, -0.2) is 0 Å². The summed E-state index contributed by atoms with van der Waals surface area (Å²) in [7, 11) is 0. The van der Waals surface area contributed by atoms with E-state index in [1.807, 2.05) is 24.3 Å². The highest BCUT2D eigenvalue weighted by molar-refractivity contribution is 5.13. The van der Waals surface area contributed by atoms with Crippen LogP contribution in [0.2, 0.25) is 0 Å². The zero-order chi connectivity index (χ0) is 11.9. The molecule has 0 N–H and O–H groups in total. The van der Waals surface area contributed by atoms with E-state index in [0.29, 0.717) is 6.61 Å². The molecule has 17 heavy (non-hydrogen) atoms. The lowest BCUT2D eigenvalue weighted by Gasteiger charge is -2.31. The number of rotatable bonds is 5. The van der Waals surface area contributed by atoms with Crippen molar-refractivity contribution in [1.82, 2.24) is 0 Å². The molecular formula is C15H20O2. The van der Waals surface area contributed by atoms with Gasteiger partial charge >= 0.3 is 0 Å². The van der Waals surface area contributed by atoms with Crippen LogP contribution in [0.25, 0.3) is 0 Å². The molecule has 1 aliphatic rings. The first-order chi connectivity index (χ1) is 8.40. The van der Waals surface area contributed by atoms with Gasteiger partial charge in [0.05, 0.1) is 18.8 Å². The Labute approximate surface area is 103 Å². The van der Waals surface area contributed by atoms with Crippen molar-refractivity contribution in [2.45, 2.75) is 38.1 Å². The third kappa shape index (κ3) is 3.69. The summed E-state index contributed by atoms with van der Waals surface area (Å²) in [6.07, 6.45) is 5.36. The number of ether oxygens (including phenoxy) is 2. The van der Waals surface area contributed by atoms with Crippen LogP contribution in [0.15, 0.2) is 43.0 Å². The molecule has 2 nitrogen and oxygen atoms in total. The molecule has 0 saturated carbocycles. The van der Waals surface area contributed by atoms with Crippen molar-refractivity contribution in [2.24, 2.45) is 0 Å². The summed E-state index contributed by atoms with van der Waals surface area (Å²) in [4.78, 5) is 0. The molecule has 2 heteroatoms. The molecule has 1 aliphatic heterocycles. The Hall–Kier alpha value is -1.12. The first kappa shape index (κ1) is 12.3. The average molecular weight is 232 g/mol. The monoisotopic (exact) mass is 232 g/mol. The van der Waals surface area contributed by atoms with Gasteiger partial charge in [0.2, 0.25) is 0 Å². The van der Waals surface area contributed by atoms with Gasteiger partial charge in [-0.3, -0.25) is 0 Å². The molecule has 2 rings (SSSR count). The van der Waals surface area contributed by atoms with Crippen LogP contribution >= 0.6 is 0 Å². The van der Waals surface area contributed by atoms with Gasteiger partial charge in [-0.15, -0.1) is 6.58 Å². The summed E-state index contributed by atoms with van der Waals surface area (Å²) >= 11 is 0. The van der Waals surface area contributed by atoms with Gasteiger partial charge in [0, 0.05) is 6.61 Å². The van der Waals surface area contributed by atoms with Crippen molar-refractivity contribution < 1.29 is 9.47 Å². The highest BCUT2D eigenvalue weighted by Crippen LogP contribution is 2.21. The largest absolute Gasteiger partial charge is 0.375 e. The van der Waals surface area contributed by atoms with E-state index in [1.165, 1.54) is 5.56 Å². The van der Waals surface area contributed by atoms with Gasteiger partial charge in [0.1, 0.15) is 0 Å². The Morgan fingerprint density at radius 2 is 2.18 bits per heavy atom. The van der Waals surface area contributed by atoms with Crippen molar-refractivity contribution >= 4 is 0 Å². The SMILES string of the molecule is C=CC[C@H]1OCCC[C@H]1OCc1ccccc1. The minimum absolute atomic E-state index is 0.185. The van der Waals surface area contributed by atoms with Crippen LogP contribution in [-0.4, -0.2) is 18.8 Å². The fourth-order valence-corrected chi connectivity index (χ4v) is 2.16. The summed E-state index contributed by atoms with van der Waals surface area (Å²) < 4.78 is 11.7. The molecule has 0 radical (unpaired) electrons. The Bertz CT molecular complexity index is 334. The maximum atomic E-state index is 5.96. The fraction of sp³-hybridized carbons (Fsp3) is 0.467. The normalized spacial score (nSPS) is 24.5. The van der Waals surface area contributed by atoms with Crippen molar-refractivity contribution in [1.29, 1.82) is 0 Å². The van der Waals surface area contributed by atoms with E-state index in [2.05, 4.69) is 18.7 Å². The van der Waals surface area contributed by atoms with Gasteiger partial charge in [-0.05, 0) is 24.8 Å². The molecule has 1 aromatic carbocycles. The smallest absolute Gasteiger partial charge is 0.0871 e. The molecule has 2 atom stereocenters. The fourth-order valence-electron chi connectivity index (χ4n) is 2.16. The lowest BCUT2D eigenvalue weighted by molar-refractivity contribution is -0.109. The molecule has 1 saturated heterocycles. The second-order valence-electron chi connectivity index (χ2n) is 4.41. The Morgan fingerprint density at radius 3 is 2.94 bits per heavy atom. The lowest BCUT2D eigenvalue weighted by atomic mass is 10.0. The van der Waals surface area contributed by atoms with Crippen LogP contribution in [0.3, 0.4) is 0 Å². The second-order valence-corrected chi connectivity index (χ2v) is 4.41. The average Bonchev–Trinajstić information content (AvgIpc) is 2.39. The minimum Gasteiger partial charge on any atom is -0.375 e. The first-order valence-corrected chi connectivity index (χ1v) is 6.28. The summed E-state index contributed by atoms with van der Waals surface area (Å²) in [6.45, 7) is 5.29. The summed E-state index contributed by atoms with van der Waals surface area (Å²) in [5.41, 5.74) is 1.22. The van der Waals surface area contributed by atoms with Crippen molar-refractivity contribution in [3.8, 4) is 0 Å². The molecule has 92 valence electrons. The van der Waals surface area contributed by atoms with E-state index in [0.717, 1.165) is 25.9 Å². The Kier molecular flexibility index (Phi) is 4.77. The molecule has 0 aromatic heterocycles. The Morgan fingerprint density at radius 1 is 1.35 bits per heavy atom. The van der Waals surface area contributed by atoms with Crippen molar-refractivity contribution in [3.05, 3.63) is 48.6 Å². The molecule has 0 unspecified atom stereocenters. The maximum Gasteiger partial charge on any atom is 0.0871 e. The molecular weight excluding hydrogens is 212 g/mol. The highest BCUT2D eigenvalue weighted by atomic mass is 16.5. The van der Waals surface area contributed by atoms with Crippen LogP contribution in [0.5, 0.6) is 0 Å². The van der Waals surface area contributed by atoms with E-state index in [1.54, 1.807) is 0 Å². The van der Waals surface area contributed by atoms with E-state index in [-0.39, 0.29) is 12.2 Å². The topological polar surface area (TPSA) is 18.5 Å². The summed E-state index contributed by atoms with van der Waals surface area (Å²) in [5, 5.41) is 0. The van der Waals surface area contributed by atoms with E-state index in [9.17, 15) is 0 Å². The molecule has 0 amide bonds. The van der Waals surface area contributed by atoms with Gasteiger partial charge in [-0.1, -0.05) is 36.4 Å². The van der Waals surface area contributed by atoms with E-state index < -0.39 is 0 Å². The predicted octanol–water partition coefficient (Wildman–Crippen LogP) is 3.33. The molecule has 0 spiro atoms. The molecule has 0 bridgehead atoms. The number of hydrogen-bond acceptors (Lipinski definition) is 2. The highest BCUT2D eigenvalue weighted by Gasteiger charge is 2.25. The lowest BCUT2D eigenvalue weighted by Crippen LogP contribution is -2.35. The van der Waals surface area contributed by atoms with Crippen LogP contribution in [-0.2, 0) is 16.1 Å². The molecule has 0 aliphatic carbocycles. The zero-order valence-electron chi connectivity index (χ0n) is 10.2. The quantitative estimate of drug-likeness (QED) is 0.725. The van der Waals surface area contributed by atoms with E-state index in [4.69, 9.17) is 9.47 Å². The number of hydrogen-bond donors (Lipinski definition) is 0. The Balaban J connectivity index is 1.86. The van der Waals surface area contributed by atoms with Crippen LogP contribution in [0.4, 0.5) is 0 Å². The zero-order valence-corrected chi connectivity index (χ0v) is 10.2. The van der Waals surface area contributed by atoms with Crippen molar-refractivity contribution in [3.63, 3.8) is 0 Å². The van der Waals surface area contributed by atoms with E-state index >= 15 is 0 Å². The molecule has 1 aromatic rings. The van der Waals surface area contributed by atoms with Gasteiger partial charge < -0.3 is 9.47 Å². The summed E-state index contributed by atoms with van der Waals surface area (Å²) in [6, 6.07) is 10.3. The van der Waals surface area contributed by atoms with Gasteiger partial charge in [-0.2, -0.15) is 0 Å². The van der Waals surface area contributed by atoms with Crippen molar-refractivity contribution in [2.75, 3.05) is 6.61 Å². The molecule has 1 heterocycles. The van der Waals surface area contributed by atoms with Crippen LogP contribution in [0, 0.1) is 0 Å². The third-order valence-corrected chi connectivity index (χ3v) is 3.09. The van der Waals surface area contributed by atoms with Gasteiger partial charge in [0.25, 0.3) is 0 Å². The predicted molar refractivity (Wildman–Crippen MR) is 68.8 cm³/mol. The molecule has 1 fully saturated rings. The van der Waals surface area contributed by atoms with Crippen LogP contribution < -0.4 is 0 Å². The summed E-state index contributed by atoms with van der Waals surface area (Å²) in [5.74, 6) is 0. The maximum absolute atomic E-state index is 5.96. The van der Waals surface area contributed by atoms with Gasteiger partial charge in [0.15, 0.2) is 0 Å².